The molecule has 0 aromatic heterocycles. The summed E-state index contributed by atoms with van der Waals surface area (Å²) in [7, 11) is 0. The lowest BCUT2D eigenvalue weighted by atomic mass is 9.92. The van der Waals surface area contributed by atoms with Crippen LogP contribution in [0.1, 0.15) is 18.1 Å². The molecule has 4 rings (SSSR count). The molecule has 3 amide bonds. The first-order chi connectivity index (χ1) is 12.4. The van der Waals surface area contributed by atoms with E-state index >= 15 is 0 Å². The van der Waals surface area contributed by atoms with Crippen molar-refractivity contribution in [3.63, 3.8) is 0 Å². The number of urea groups is 1. The lowest BCUT2D eigenvalue weighted by Gasteiger charge is -2.22. The first kappa shape index (κ1) is 17.4. The first-order valence-electron chi connectivity index (χ1n) is 7.86. The Morgan fingerprint density at radius 2 is 1.88 bits per heavy atom. The largest absolute Gasteiger partial charge is 0.454 e. The van der Waals surface area contributed by atoms with Crippen molar-refractivity contribution in [2.45, 2.75) is 19.0 Å². The lowest BCUT2D eigenvalue weighted by molar-refractivity contribution is -0.131. The number of halogens is 2. The van der Waals surface area contributed by atoms with Crippen molar-refractivity contribution >= 4 is 43.8 Å². The van der Waals surface area contributed by atoms with E-state index in [1.54, 1.807) is 19.1 Å². The summed E-state index contributed by atoms with van der Waals surface area (Å²) in [5.74, 6) is 0.937. The standard InChI is InChI=1S/C18H14Br2N2O4/c1-18(11-3-2-4-12(19)6-11)16(23)22(17(24)21-18)8-10-5-14-15(7-13(10)20)26-9-25-14/h2-7H,8-9H2,1H3,(H,21,24)/t18-/m1/s1. The number of nitrogens with one attached hydrogen (secondary N) is 1. The van der Waals surface area contributed by atoms with Crippen molar-refractivity contribution in [2.24, 2.45) is 0 Å². The van der Waals surface area contributed by atoms with E-state index in [4.69, 9.17) is 9.47 Å². The van der Waals surface area contributed by atoms with Crippen LogP contribution in [0, 0.1) is 0 Å². The molecule has 2 heterocycles. The molecular weight excluding hydrogens is 468 g/mol. The zero-order chi connectivity index (χ0) is 18.5. The Hall–Kier alpha value is -2.06. The molecule has 8 heteroatoms. The molecule has 26 heavy (non-hydrogen) atoms. The second-order valence-electron chi connectivity index (χ2n) is 6.25. The number of rotatable bonds is 3. The number of hydrogen-bond donors (Lipinski definition) is 1. The molecule has 0 unspecified atom stereocenters. The summed E-state index contributed by atoms with van der Waals surface area (Å²) < 4.78 is 12.3. The molecule has 2 aromatic carbocycles. The Morgan fingerprint density at radius 1 is 1.15 bits per heavy atom. The van der Waals surface area contributed by atoms with Crippen LogP contribution in [-0.4, -0.2) is 23.6 Å². The molecule has 6 nitrogen and oxygen atoms in total. The monoisotopic (exact) mass is 480 g/mol. The van der Waals surface area contributed by atoms with Crippen LogP contribution < -0.4 is 14.8 Å². The average molecular weight is 482 g/mol. The van der Waals surface area contributed by atoms with Gasteiger partial charge in [-0.1, -0.05) is 44.0 Å². The highest BCUT2D eigenvalue weighted by Crippen LogP contribution is 2.38. The second-order valence-corrected chi connectivity index (χ2v) is 8.02. The van der Waals surface area contributed by atoms with Crippen LogP contribution in [0.4, 0.5) is 4.79 Å². The predicted molar refractivity (Wildman–Crippen MR) is 101 cm³/mol. The fourth-order valence-corrected chi connectivity index (χ4v) is 3.93. The van der Waals surface area contributed by atoms with Crippen LogP contribution in [0.2, 0.25) is 0 Å². The van der Waals surface area contributed by atoms with Gasteiger partial charge in [-0.3, -0.25) is 9.69 Å². The van der Waals surface area contributed by atoms with Crippen molar-refractivity contribution in [3.8, 4) is 11.5 Å². The maximum Gasteiger partial charge on any atom is 0.325 e. The van der Waals surface area contributed by atoms with E-state index in [1.165, 1.54) is 4.90 Å². The van der Waals surface area contributed by atoms with Gasteiger partial charge >= 0.3 is 6.03 Å². The van der Waals surface area contributed by atoms with Crippen LogP contribution in [0.15, 0.2) is 45.3 Å². The van der Waals surface area contributed by atoms with Gasteiger partial charge < -0.3 is 14.8 Å². The van der Waals surface area contributed by atoms with E-state index in [0.717, 1.165) is 20.1 Å². The van der Waals surface area contributed by atoms with Gasteiger partial charge in [-0.05, 0) is 42.3 Å². The van der Waals surface area contributed by atoms with Gasteiger partial charge in [-0.25, -0.2) is 4.79 Å². The van der Waals surface area contributed by atoms with E-state index in [2.05, 4.69) is 37.2 Å². The molecular formula is C18H14Br2N2O4. The lowest BCUT2D eigenvalue weighted by Crippen LogP contribution is -2.40. The summed E-state index contributed by atoms with van der Waals surface area (Å²) in [4.78, 5) is 26.8. The average Bonchev–Trinajstić information content (AvgIpc) is 3.13. The summed E-state index contributed by atoms with van der Waals surface area (Å²) in [5, 5.41) is 2.81. The van der Waals surface area contributed by atoms with Crippen LogP contribution in [0.25, 0.3) is 0 Å². The minimum atomic E-state index is -1.11. The Bertz CT molecular complexity index is 933. The molecule has 0 bridgehead atoms. The summed E-state index contributed by atoms with van der Waals surface area (Å²) in [6.07, 6.45) is 0. The number of carbonyl (C=O) groups excluding carboxylic acids is 2. The Morgan fingerprint density at radius 3 is 2.62 bits per heavy atom. The molecule has 1 fully saturated rings. The highest BCUT2D eigenvalue weighted by Gasteiger charge is 2.49. The topological polar surface area (TPSA) is 67.9 Å². The predicted octanol–water partition coefficient (Wildman–Crippen LogP) is 3.91. The fraction of sp³-hybridized carbons (Fsp3) is 0.222. The third-order valence-electron chi connectivity index (χ3n) is 4.55. The summed E-state index contributed by atoms with van der Waals surface area (Å²) >= 11 is 6.87. The molecule has 1 atom stereocenters. The van der Waals surface area contributed by atoms with Crippen molar-refractivity contribution in [3.05, 3.63) is 56.5 Å². The zero-order valence-electron chi connectivity index (χ0n) is 13.7. The van der Waals surface area contributed by atoms with E-state index < -0.39 is 11.6 Å². The van der Waals surface area contributed by atoms with E-state index in [1.807, 2.05) is 24.3 Å². The van der Waals surface area contributed by atoms with Crippen LogP contribution >= 0.6 is 31.9 Å². The maximum atomic E-state index is 13.1. The molecule has 1 N–H and O–H groups in total. The molecule has 2 aliphatic rings. The van der Waals surface area contributed by atoms with Crippen LogP contribution in [0.5, 0.6) is 11.5 Å². The van der Waals surface area contributed by atoms with E-state index in [-0.39, 0.29) is 19.2 Å². The number of carbonyl (C=O) groups is 2. The second kappa shape index (κ2) is 6.28. The van der Waals surface area contributed by atoms with Crippen molar-refractivity contribution in [1.29, 1.82) is 0 Å². The number of fused-ring (bicyclic) bond motifs is 1. The van der Waals surface area contributed by atoms with Gasteiger partial charge in [-0.15, -0.1) is 0 Å². The highest BCUT2D eigenvalue weighted by atomic mass is 79.9. The molecule has 134 valence electrons. The molecule has 0 saturated carbocycles. The van der Waals surface area contributed by atoms with Gasteiger partial charge in [-0.2, -0.15) is 0 Å². The van der Waals surface area contributed by atoms with Gasteiger partial charge in [0.05, 0.1) is 6.54 Å². The minimum Gasteiger partial charge on any atom is -0.454 e. The third-order valence-corrected chi connectivity index (χ3v) is 5.78. The van der Waals surface area contributed by atoms with E-state index in [0.29, 0.717) is 11.5 Å². The summed E-state index contributed by atoms with van der Waals surface area (Å²) in [6.45, 7) is 2.00. The van der Waals surface area contributed by atoms with Gasteiger partial charge in [0.2, 0.25) is 6.79 Å². The van der Waals surface area contributed by atoms with Crippen molar-refractivity contribution in [2.75, 3.05) is 6.79 Å². The van der Waals surface area contributed by atoms with Crippen molar-refractivity contribution in [1.82, 2.24) is 10.2 Å². The summed E-state index contributed by atoms with van der Waals surface area (Å²) in [6, 6.07) is 10.5. The highest BCUT2D eigenvalue weighted by molar-refractivity contribution is 9.10. The van der Waals surface area contributed by atoms with Gasteiger partial charge in [0.1, 0.15) is 5.54 Å². The minimum absolute atomic E-state index is 0.130. The Balaban J connectivity index is 1.64. The molecule has 0 radical (unpaired) electrons. The van der Waals surface area contributed by atoms with Crippen LogP contribution in [0.3, 0.4) is 0 Å². The molecule has 2 aromatic rings. The number of amides is 3. The van der Waals surface area contributed by atoms with Crippen molar-refractivity contribution < 1.29 is 19.1 Å². The normalized spacial score (nSPS) is 21.3. The fourth-order valence-electron chi connectivity index (χ4n) is 3.09. The van der Waals surface area contributed by atoms with Gasteiger partial charge in [0, 0.05) is 8.95 Å². The molecule has 1 saturated heterocycles. The number of nitrogens with zero attached hydrogens (tertiary/aromatic N) is 1. The van der Waals surface area contributed by atoms with Gasteiger partial charge in [0.15, 0.2) is 11.5 Å². The Labute approximate surface area is 166 Å². The van der Waals surface area contributed by atoms with Gasteiger partial charge in [0.25, 0.3) is 5.91 Å². The molecule has 2 aliphatic heterocycles. The number of imide groups is 1. The summed E-state index contributed by atoms with van der Waals surface area (Å²) in [5.41, 5.74) is 0.373. The van der Waals surface area contributed by atoms with E-state index in [9.17, 15) is 9.59 Å². The number of ether oxygens (including phenoxy) is 2. The number of benzene rings is 2. The third kappa shape index (κ3) is 2.77. The zero-order valence-corrected chi connectivity index (χ0v) is 16.9. The maximum absolute atomic E-state index is 13.1. The number of hydrogen-bond acceptors (Lipinski definition) is 4. The SMILES string of the molecule is C[C@]1(c2cccc(Br)c2)NC(=O)N(Cc2cc3c(cc2Br)OCO3)C1=O. The molecule has 0 spiro atoms. The Kier molecular flexibility index (Phi) is 4.19. The molecule has 0 aliphatic carbocycles. The smallest absolute Gasteiger partial charge is 0.325 e. The quantitative estimate of drug-likeness (QED) is 0.675. The van der Waals surface area contributed by atoms with Crippen LogP contribution in [-0.2, 0) is 16.9 Å². The first-order valence-corrected chi connectivity index (χ1v) is 9.45.